The van der Waals surface area contributed by atoms with Gasteiger partial charge < -0.3 is 9.64 Å². The molecule has 3 rings (SSSR count). The summed E-state index contributed by atoms with van der Waals surface area (Å²) in [5.41, 5.74) is 1.41. The van der Waals surface area contributed by atoms with Crippen molar-refractivity contribution in [1.29, 1.82) is 5.26 Å². The maximum Gasteiger partial charge on any atom is 0.325 e. The van der Waals surface area contributed by atoms with Crippen molar-refractivity contribution in [3.8, 4) is 6.07 Å². The molecule has 1 aromatic carbocycles. The van der Waals surface area contributed by atoms with Gasteiger partial charge in [0.15, 0.2) is 0 Å². The Kier molecular flexibility index (Phi) is 4.10. The first kappa shape index (κ1) is 15.6. The van der Waals surface area contributed by atoms with Gasteiger partial charge in [-0.1, -0.05) is 26.0 Å². The Morgan fingerprint density at radius 2 is 1.96 bits per heavy atom. The molecule has 1 unspecified atom stereocenters. The van der Waals surface area contributed by atoms with Gasteiger partial charge in [0.2, 0.25) is 0 Å². The van der Waals surface area contributed by atoms with Crippen LogP contribution in [0.4, 0.5) is 10.5 Å². The fourth-order valence-electron chi connectivity index (χ4n) is 3.43. The summed E-state index contributed by atoms with van der Waals surface area (Å²) < 4.78 is 5.56. The Labute approximate surface area is 136 Å². The highest BCUT2D eigenvalue weighted by atomic mass is 16.5. The molecule has 1 aliphatic carbocycles. The number of ether oxygens (including phenoxy) is 1. The summed E-state index contributed by atoms with van der Waals surface area (Å²) in [5.74, 6) is 0.388. The third-order valence-corrected chi connectivity index (χ3v) is 4.40. The number of rotatable bonds is 4. The zero-order valence-electron chi connectivity index (χ0n) is 13.6. The molecule has 0 saturated carbocycles. The Bertz CT molecular complexity index is 660. The number of nitriles is 1. The lowest BCUT2D eigenvalue weighted by Crippen LogP contribution is -2.44. The van der Waals surface area contributed by atoms with Gasteiger partial charge in [0, 0.05) is 19.3 Å². The van der Waals surface area contributed by atoms with Crippen molar-refractivity contribution < 1.29 is 9.53 Å². The topological polar surface area (TPSA) is 56.6 Å². The first-order valence-electron chi connectivity index (χ1n) is 7.88. The van der Waals surface area contributed by atoms with Crippen molar-refractivity contribution in [3.05, 3.63) is 42.0 Å². The van der Waals surface area contributed by atoms with Gasteiger partial charge in [0.05, 0.1) is 29.8 Å². The molecule has 5 nitrogen and oxygen atoms in total. The molecular formula is C18H21N3O2. The van der Waals surface area contributed by atoms with Crippen molar-refractivity contribution >= 4 is 11.7 Å². The fourth-order valence-corrected chi connectivity index (χ4v) is 3.43. The minimum atomic E-state index is -0.0777. The van der Waals surface area contributed by atoms with E-state index in [0.717, 1.165) is 5.69 Å². The lowest BCUT2D eigenvalue weighted by Gasteiger charge is -2.28. The summed E-state index contributed by atoms with van der Waals surface area (Å²) in [7, 11) is 1.68. The standard InChI is InChI=1S/C18H21N3O2/c1-12(2)11-20-17-15(8-9-16(17)23-3)21(18(20)22)14-6-4-13(10-19)5-7-14/h4-9,12,15-17H,11H2,1-3H3/t15-,16-,17?/m0/s1. The average Bonchev–Trinajstić information content (AvgIpc) is 3.06. The van der Waals surface area contributed by atoms with Gasteiger partial charge in [-0.2, -0.15) is 5.26 Å². The van der Waals surface area contributed by atoms with Crippen LogP contribution in [0.5, 0.6) is 0 Å². The van der Waals surface area contributed by atoms with E-state index in [2.05, 4.69) is 26.0 Å². The van der Waals surface area contributed by atoms with Gasteiger partial charge in [0.25, 0.3) is 0 Å². The number of nitrogens with zero attached hydrogens (tertiary/aromatic N) is 3. The molecule has 1 aliphatic heterocycles. The SMILES string of the molecule is CO[C@H]1C=C[C@H]2C1N(CC(C)C)C(=O)N2c1ccc(C#N)cc1. The van der Waals surface area contributed by atoms with Gasteiger partial charge in [-0.25, -0.2) is 4.79 Å². The summed E-state index contributed by atoms with van der Waals surface area (Å²) >= 11 is 0. The summed E-state index contributed by atoms with van der Waals surface area (Å²) in [6.07, 6.45) is 4.01. The molecular weight excluding hydrogens is 290 g/mol. The largest absolute Gasteiger partial charge is 0.375 e. The summed E-state index contributed by atoms with van der Waals surface area (Å²) in [6, 6.07) is 9.24. The van der Waals surface area contributed by atoms with E-state index in [1.54, 1.807) is 19.2 Å². The van der Waals surface area contributed by atoms with Gasteiger partial charge in [-0.15, -0.1) is 0 Å². The minimum absolute atomic E-state index is 0.00445. The van der Waals surface area contributed by atoms with Crippen LogP contribution in [0, 0.1) is 17.2 Å². The quantitative estimate of drug-likeness (QED) is 0.803. The smallest absolute Gasteiger partial charge is 0.325 e. The highest BCUT2D eigenvalue weighted by Gasteiger charge is 2.51. The first-order valence-corrected chi connectivity index (χ1v) is 7.88. The van der Waals surface area contributed by atoms with E-state index in [0.29, 0.717) is 18.0 Å². The second-order valence-corrected chi connectivity index (χ2v) is 6.42. The van der Waals surface area contributed by atoms with E-state index >= 15 is 0 Å². The van der Waals surface area contributed by atoms with Crippen LogP contribution in [-0.2, 0) is 4.74 Å². The number of carbonyl (C=O) groups is 1. The van der Waals surface area contributed by atoms with Crippen molar-refractivity contribution in [1.82, 2.24) is 4.90 Å². The molecule has 1 heterocycles. The molecule has 1 saturated heterocycles. The van der Waals surface area contributed by atoms with Crippen LogP contribution >= 0.6 is 0 Å². The lowest BCUT2D eigenvalue weighted by atomic mass is 10.1. The molecule has 0 radical (unpaired) electrons. The molecule has 1 fully saturated rings. The number of carbonyl (C=O) groups excluding carboxylic acids is 1. The summed E-state index contributed by atoms with van der Waals surface area (Å²) in [5, 5.41) is 8.94. The first-order chi connectivity index (χ1) is 11.1. The molecule has 0 bridgehead atoms. The molecule has 120 valence electrons. The van der Waals surface area contributed by atoms with Gasteiger partial charge in [-0.05, 0) is 30.2 Å². The Morgan fingerprint density at radius 3 is 2.52 bits per heavy atom. The number of anilines is 1. The zero-order chi connectivity index (χ0) is 16.6. The maximum absolute atomic E-state index is 13.0. The minimum Gasteiger partial charge on any atom is -0.375 e. The number of fused-ring (bicyclic) bond motifs is 1. The normalized spacial score (nSPS) is 26.0. The number of amides is 2. The van der Waals surface area contributed by atoms with E-state index in [1.807, 2.05) is 28.0 Å². The third kappa shape index (κ3) is 2.60. The molecule has 2 aliphatic rings. The molecule has 0 N–H and O–H groups in total. The predicted molar refractivity (Wildman–Crippen MR) is 88.1 cm³/mol. The summed E-state index contributed by atoms with van der Waals surface area (Å²) in [6.45, 7) is 4.92. The molecule has 0 spiro atoms. The van der Waals surface area contributed by atoms with E-state index in [4.69, 9.17) is 10.00 Å². The second-order valence-electron chi connectivity index (χ2n) is 6.42. The van der Waals surface area contributed by atoms with Crippen molar-refractivity contribution in [2.75, 3.05) is 18.6 Å². The highest BCUT2D eigenvalue weighted by Crippen LogP contribution is 2.36. The van der Waals surface area contributed by atoms with Gasteiger partial charge in [0.1, 0.15) is 0 Å². The van der Waals surface area contributed by atoms with Crippen LogP contribution in [0.25, 0.3) is 0 Å². The van der Waals surface area contributed by atoms with Gasteiger partial charge in [-0.3, -0.25) is 4.90 Å². The summed E-state index contributed by atoms with van der Waals surface area (Å²) in [4.78, 5) is 16.7. The van der Waals surface area contributed by atoms with Gasteiger partial charge >= 0.3 is 6.03 Å². The molecule has 2 amide bonds. The zero-order valence-corrected chi connectivity index (χ0v) is 13.6. The Hall–Kier alpha value is -2.32. The monoisotopic (exact) mass is 311 g/mol. The fraction of sp³-hybridized carbons (Fsp3) is 0.444. The number of urea groups is 1. The lowest BCUT2D eigenvalue weighted by molar-refractivity contribution is 0.0738. The van der Waals surface area contributed by atoms with Crippen molar-refractivity contribution in [2.24, 2.45) is 5.92 Å². The number of hydrogen-bond acceptors (Lipinski definition) is 3. The van der Waals surface area contributed by atoms with Crippen LogP contribution in [0.2, 0.25) is 0 Å². The molecule has 1 aromatic rings. The predicted octanol–water partition coefficient (Wildman–Crippen LogP) is 2.78. The average molecular weight is 311 g/mol. The van der Waals surface area contributed by atoms with Crippen LogP contribution in [0.15, 0.2) is 36.4 Å². The Balaban J connectivity index is 1.95. The molecule has 23 heavy (non-hydrogen) atoms. The second kappa shape index (κ2) is 6.05. The van der Waals surface area contributed by atoms with E-state index in [9.17, 15) is 4.79 Å². The van der Waals surface area contributed by atoms with Crippen LogP contribution in [0.3, 0.4) is 0 Å². The number of hydrogen-bond donors (Lipinski definition) is 0. The van der Waals surface area contributed by atoms with E-state index in [-0.39, 0.29) is 24.2 Å². The molecule has 5 heteroatoms. The number of benzene rings is 1. The van der Waals surface area contributed by atoms with Crippen molar-refractivity contribution in [2.45, 2.75) is 32.0 Å². The third-order valence-electron chi connectivity index (χ3n) is 4.40. The number of methoxy groups -OCH3 is 1. The van der Waals surface area contributed by atoms with Crippen molar-refractivity contribution in [3.63, 3.8) is 0 Å². The van der Waals surface area contributed by atoms with Crippen LogP contribution < -0.4 is 4.90 Å². The van der Waals surface area contributed by atoms with E-state index in [1.165, 1.54) is 0 Å². The maximum atomic E-state index is 13.0. The highest BCUT2D eigenvalue weighted by molar-refractivity contribution is 5.96. The van der Waals surface area contributed by atoms with Crippen LogP contribution in [-0.4, -0.2) is 42.8 Å². The van der Waals surface area contributed by atoms with Crippen LogP contribution in [0.1, 0.15) is 19.4 Å². The van der Waals surface area contributed by atoms with E-state index < -0.39 is 0 Å². The Morgan fingerprint density at radius 1 is 1.26 bits per heavy atom. The molecule has 3 atom stereocenters. The molecule has 0 aromatic heterocycles.